The number of amidine groups is 1. The topological polar surface area (TPSA) is 58.7 Å². The predicted octanol–water partition coefficient (Wildman–Crippen LogP) is 4.14. The van der Waals surface area contributed by atoms with Crippen molar-refractivity contribution in [3.63, 3.8) is 0 Å². The molecular weight excluding hydrogens is 429 g/mol. The van der Waals surface area contributed by atoms with Crippen LogP contribution in [0.4, 0.5) is 18.9 Å². The molecule has 1 aromatic heterocycles. The normalized spacial score (nSPS) is 22.3. The van der Waals surface area contributed by atoms with Crippen LogP contribution < -0.4 is 10.6 Å². The Hall–Kier alpha value is -2.13. The predicted molar refractivity (Wildman–Crippen MR) is 116 cm³/mol. The highest BCUT2D eigenvalue weighted by Gasteiger charge is 2.48. The fourth-order valence-corrected chi connectivity index (χ4v) is 5.13. The molecule has 0 spiro atoms. The number of hydrogen-bond donors (Lipinski definition) is 3. The van der Waals surface area contributed by atoms with E-state index in [2.05, 4.69) is 20.7 Å². The fraction of sp³-hybridized carbons (Fsp3) is 0.571. The Morgan fingerprint density at radius 1 is 1.19 bits per heavy atom. The first-order valence-electron chi connectivity index (χ1n) is 10.9. The molecule has 1 saturated heterocycles. The molecule has 0 bridgehead atoms. The van der Waals surface area contributed by atoms with Crippen molar-refractivity contribution in [1.29, 1.82) is 0 Å². The molecule has 6 nitrogen and oxygen atoms in total. The lowest BCUT2D eigenvalue weighted by molar-refractivity contribution is -0.0696. The van der Waals surface area contributed by atoms with Crippen molar-refractivity contribution in [3.05, 3.63) is 28.9 Å². The minimum atomic E-state index is -4.44. The van der Waals surface area contributed by atoms with Crippen molar-refractivity contribution in [2.24, 2.45) is 5.10 Å². The third-order valence-corrected chi connectivity index (χ3v) is 6.60. The zero-order valence-electron chi connectivity index (χ0n) is 17.1. The van der Waals surface area contributed by atoms with Crippen molar-refractivity contribution >= 4 is 34.0 Å². The van der Waals surface area contributed by atoms with Gasteiger partial charge in [0.2, 0.25) is 5.84 Å². The number of hydrazone groups is 1. The number of anilines is 1. The van der Waals surface area contributed by atoms with E-state index in [1.165, 1.54) is 17.7 Å². The number of halogens is 4. The van der Waals surface area contributed by atoms with Crippen LogP contribution in [0.3, 0.4) is 0 Å². The van der Waals surface area contributed by atoms with Crippen LogP contribution in [0.2, 0.25) is 5.02 Å². The van der Waals surface area contributed by atoms with Gasteiger partial charge in [-0.05, 0) is 31.0 Å². The molecule has 3 aliphatic rings. The molecule has 2 fully saturated rings. The molecular formula is C21H26ClF3N6. The summed E-state index contributed by atoms with van der Waals surface area (Å²) < 4.78 is 40.2. The van der Waals surface area contributed by atoms with E-state index < -0.39 is 18.2 Å². The summed E-state index contributed by atoms with van der Waals surface area (Å²) in [6, 6.07) is 6.34. The van der Waals surface area contributed by atoms with E-state index in [1.807, 2.05) is 18.2 Å². The largest absolute Gasteiger partial charge is 0.451 e. The molecule has 0 amide bonds. The van der Waals surface area contributed by atoms with E-state index in [4.69, 9.17) is 11.6 Å². The molecule has 5 rings (SSSR count). The van der Waals surface area contributed by atoms with Gasteiger partial charge in [-0.2, -0.15) is 18.3 Å². The van der Waals surface area contributed by atoms with Crippen LogP contribution >= 0.6 is 11.6 Å². The second-order valence-corrected chi connectivity index (χ2v) is 8.99. The van der Waals surface area contributed by atoms with Crippen molar-refractivity contribution in [2.75, 3.05) is 31.5 Å². The standard InChI is InChI=1S/C21H26ClF3N6/c22-14-9-13-10-16(28-19(13)17(11-14)27-15-3-1-2-4-15)5-7-31-18-12-26-6-8-30(18)20(29-31)21(23,24)25/h9-11,15,18,26-28H,1-8,12H2. The smallest absolute Gasteiger partial charge is 0.381 e. The zero-order valence-corrected chi connectivity index (χ0v) is 17.9. The number of piperazine rings is 1. The minimum absolute atomic E-state index is 0.306. The summed E-state index contributed by atoms with van der Waals surface area (Å²) in [7, 11) is 0. The van der Waals surface area contributed by atoms with Gasteiger partial charge in [0.05, 0.1) is 11.2 Å². The van der Waals surface area contributed by atoms with Crippen LogP contribution in [0.1, 0.15) is 31.4 Å². The van der Waals surface area contributed by atoms with Gasteiger partial charge in [-0.1, -0.05) is 24.4 Å². The lowest BCUT2D eigenvalue weighted by atomic mass is 10.2. The van der Waals surface area contributed by atoms with Crippen LogP contribution in [-0.2, 0) is 6.42 Å². The highest BCUT2D eigenvalue weighted by Crippen LogP contribution is 2.32. The Morgan fingerprint density at radius 2 is 2.00 bits per heavy atom. The average Bonchev–Trinajstić information content (AvgIpc) is 3.44. The van der Waals surface area contributed by atoms with Gasteiger partial charge in [0.1, 0.15) is 6.17 Å². The molecule has 168 valence electrons. The van der Waals surface area contributed by atoms with Gasteiger partial charge in [-0.3, -0.25) is 5.01 Å². The summed E-state index contributed by atoms with van der Waals surface area (Å²) in [5.74, 6) is -0.787. The van der Waals surface area contributed by atoms with E-state index in [0.29, 0.717) is 43.7 Å². The molecule has 10 heteroatoms. The van der Waals surface area contributed by atoms with E-state index in [-0.39, 0.29) is 0 Å². The number of nitrogens with zero attached hydrogens (tertiary/aromatic N) is 3. The summed E-state index contributed by atoms with van der Waals surface area (Å²) in [4.78, 5) is 4.82. The average molecular weight is 455 g/mol. The molecule has 3 N–H and O–H groups in total. The maximum atomic E-state index is 13.4. The van der Waals surface area contributed by atoms with E-state index >= 15 is 0 Å². The number of aromatic nitrogens is 1. The van der Waals surface area contributed by atoms with E-state index in [0.717, 1.165) is 35.1 Å². The third-order valence-electron chi connectivity index (χ3n) is 6.38. The lowest BCUT2D eigenvalue weighted by Gasteiger charge is -2.36. The molecule has 2 aromatic rings. The molecule has 1 saturated carbocycles. The molecule has 2 aliphatic heterocycles. The Kier molecular flexibility index (Phi) is 5.42. The van der Waals surface area contributed by atoms with Crippen molar-refractivity contribution in [2.45, 2.75) is 50.5 Å². The van der Waals surface area contributed by atoms with E-state index in [9.17, 15) is 13.2 Å². The quantitative estimate of drug-likeness (QED) is 0.635. The molecule has 1 atom stereocenters. The molecule has 3 heterocycles. The van der Waals surface area contributed by atoms with Crippen LogP contribution in [0, 0.1) is 0 Å². The number of rotatable bonds is 5. The van der Waals surface area contributed by atoms with Crippen LogP contribution in [0.5, 0.6) is 0 Å². The van der Waals surface area contributed by atoms with Crippen LogP contribution in [0.25, 0.3) is 10.9 Å². The number of benzene rings is 1. The highest BCUT2D eigenvalue weighted by atomic mass is 35.5. The maximum absolute atomic E-state index is 13.4. The summed E-state index contributed by atoms with van der Waals surface area (Å²) in [5.41, 5.74) is 2.94. The second kappa shape index (κ2) is 8.09. The summed E-state index contributed by atoms with van der Waals surface area (Å²) in [5, 5.41) is 13.9. The first kappa shape index (κ1) is 20.8. The molecule has 1 unspecified atom stereocenters. The maximum Gasteiger partial charge on any atom is 0.451 e. The minimum Gasteiger partial charge on any atom is -0.381 e. The zero-order chi connectivity index (χ0) is 21.6. The van der Waals surface area contributed by atoms with Crippen molar-refractivity contribution in [3.8, 4) is 0 Å². The molecule has 0 radical (unpaired) electrons. The van der Waals surface area contributed by atoms with Gasteiger partial charge in [0, 0.05) is 54.7 Å². The van der Waals surface area contributed by atoms with Crippen molar-refractivity contribution < 1.29 is 13.2 Å². The number of aromatic amines is 1. The summed E-state index contributed by atoms with van der Waals surface area (Å²) in [6.07, 6.45) is 0.506. The van der Waals surface area contributed by atoms with Gasteiger partial charge in [-0.25, -0.2) is 0 Å². The Labute approximate surface area is 183 Å². The number of alkyl halides is 3. The number of fused-ring (bicyclic) bond motifs is 2. The van der Waals surface area contributed by atoms with Gasteiger partial charge < -0.3 is 20.5 Å². The highest BCUT2D eigenvalue weighted by molar-refractivity contribution is 6.31. The van der Waals surface area contributed by atoms with Crippen LogP contribution in [-0.4, -0.2) is 65.3 Å². The fourth-order valence-electron chi connectivity index (χ4n) is 4.91. The monoisotopic (exact) mass is 454 g/mol. The molecule has 1 aromatic carbocycles. The third kappa shape index (κ3) is 4.17. The van der Waals surface area contributed by atoms with Gasteiger partial charge in [0.15, 0.2) is 0 Å². The Bertz CT molecular complexity index is 981. The lowest BCUT2D eigenvalue weighted by Crippen LogP contribution is -2.57. The molecule has 1 aliphatic carbocycles. The first-order chi connectivity index (χ1) is 14.9. The van der Waals surface area contributed by atoms with Gasteiger partial charge in [0.25, 0.3) is 0 Å². The summed E-state index contributed by atoms with van der Waals surface area (Å²) >= 11 is 6.34. The number of H-pyrrole nitrogens is 1. The Balaban J connectivity index is 1.34. The van der Waals surface area contributed by atoms with Gasteiger partial charge >= 0.3 is 6.18 Å². The van der Waals surface area contributed by atoms with Crippen LogP contribution in [0.15, 0.2) is 23.3 Å². The van der Waals surface area contributed by atoms with Crippen molar-refractivity contribution in [1.82, 2.24) is 20.2 Å². The number of nitrogens with one attached hydrogen (secondary N) is 3. The second-order valence-electron chi connectivity index (χ2n) is 8.55. The Morgan fingerprint density at radius 3 is 2.77 bits per heavy atom. The SMILES string of the molecule is FC(F)(F)C1=NN(CCc2cc3cc(Cl)cc(NC4CCCC4)c3[nH]2)C2CNCCN12. The molecule has 31 heavy (non-hydrogen) atoms. The van der Waals surface area contributed by atoms with Gasteiger partial charge in [-0.15, -0.1) is 0 Å². The number of hydrogen-bond acceptors (Lipinski definition) is 5. The van der Waals surface area contributed by atoms with E-state index in [1.54, 1.807) is 5.01 Å². The summed E-state index contributed by atoms with van der Waals surface area (Å²) in [6.45, 7) is 1.69. The first-order valence-corrected chi connectivity index (χ1v) is 11.2.